The first-order valence-electron chi connectivity index (χ1n) is 8.19. The van der Waals surface area contributed by atoms with Crippen molar-refractivity contribution in [3.8, 4) is 0 Å². The second-order valence-corrected chi connectivity index (χ2v) is 7.73. The third-order valence-corrected chi connectivity index (χ3v) is 5.21. The summed E-state index contributed by atoms with van der Waals surface area (Å²) in [6, 6.07) is 1.97. The van der Waals surface area contributed by atoms with Gasteiger partial charge in [-0.1, -0.05) is 30.8 Å². The van der Waals surface area contributed by atoms with Gasteiger partial charge in [-0.05, 0) is 19.3 Å². The summed E-state index contributed by atoms with van der Waals surface area (Å²) in [7, 11) is 0. The molecular formula is C16H26IN5OS2. The molecule has 0 saturated carbocycles. The minimum atomic E-state index is 0. The summed E-state index contributed by atoms with van der Waals surface area (Å²) in [6.45, 7) is 8.44. The molecule has 2 rings (SSSR count). The number of nitrogens with zero attached hydrogens (tertiary/aromatic N) is 3. The summed E-state index contributed by atoms with van der Waals surface area (Å²) >= 11 is 3.48. The summed E-state index contributed by atoms with van der Waals surface area (Å²) < 4.78 is 6.44. The van der Waals surface area contributed by atoms with E-state index in [2.05, 4.69) is 46.5 Å². The molecule has 0 aliphatic rings. The Bertz CT molecular complexity index is 616. The molecule has 25 heavy (non-hydrogen) atoms. The lowest BCUT2D eigenvalue weighted by Crippen LogP contribution is -2.37. The van der Waals surface area contributed by atoms with Gasteiger partial charge in [0, 0.05) is 36.5 Å². The van der Waals surface area contributed by atoms with Gasteiger partial charge in [-0.3, -0.25) is 0 Å². The second kappa shape index (κ2) is 12.5. The quantitative estimate of drug-likeness (QED) is 0.179. The van der Waals surface area contributed by atoms with Crippen molar-refractivity contribution in [3.05, 3.63) is 29.1 Å². The minimum absolute atomic E-state index is 0. The van der Waals surface area contributed by atoms with E-state index >= 15 is 0 Å². The highest BCUT2D eigenvalue weighted by molar-refractivity contribution is 14.0. The van der Waals surface area contributed by atoms with Gasteiger partial charge in [0.05, 0.1) is 5.69 Å². The molecular weight excluding hydrogens is 469 g/mol. The van der Waals surface area contributed by atoms with Crippen molar-refractivity contribution in [3.63, 3.8) is 0 Å². The Balaban J connectivity index is 0.00000312. The molecule has 0 bridgehead atoms. The van der Waals surface area contributed by atoms with Gasteiger partial charge < -0.3 is 15.2 Å². The lowest BCUT2D eigenvalue weighted by molar-refractivity contribution is 0.376. The van der Waals surface area contributed by atoms with Crippen molar-refractivity contribution in [1.82, 2.24) is 20.8 Å². The topological polar surface area (TPSA) is 75.3 Å². The van der Waals surface area contributed by atoms with Crippen LogP contribution in [0.5, 0.6) is 0 Å². The van der Waals surface area contributed by atoms with E-state index < -0.39 is 0 Å². The molecule has 0 fully saturated rings. The number of thioether (sulfide) groups is 1. The molecule has 0 aliphatic carbocycles. The first kappa shape index (κ1) is 22.2. The maximum Gasteiger partial charge on any atom is 0.191 e. The fourth-order valence-electron chi connectivity index (χ4n) is 1.89. The van der Waals surface area contributed by atoms with E-state index in [1.54, 1.807) is 23.1 Å². The van der Waals surface area contributed by atoms with Gasteiger partial charge in [-0.15, -0.1) is 35.3 Å². The monoisotopic (exact) mass is 495 g/mol. The van der Waals surface area contributed by atoms with E-state index in [1.165, 1.54) is 0 Å². The van der Waals surface area contributed by atoms with Crippen molar-refractivity contribution >= 4 is 53.0 Å². The highest BCUT2D eigenvalue weighted by atomic mass is 127. The number of hydrogen-bond acceptors (Lipinski definition) is 6. The van der Waals surface area contributed by atoms with Gasteiger partial charge in [0.25, 0.3) is 0 Å². The van der Waals surface area contributed by atoms with Gasteiger partial charge >= 0.3 is 0 Å². The molecule has 6 nitrogen and oxygen atoms in total. The first-order chi connectivity index (χ1) is 11.7. The van der Waals surface area contributed by atoms with Crippen LogP contribution in [0.1, 0.15) is 44.6 Å². The van der Waals surface area contributed by atoms with Crippen molar-refractivity contribution in [2.75, 3.05) is 18.8 Å². The highest BCUT2D eigenvalue weighted by Gasteiger charge is 2.07. The van der Waals surface area contributed by atoms with Gasteiger partial charge in [0.2, 0.25) is 0 Å². The van der Waals surface area contributed by atoms with Crippen LogP contribution in [0.3, 0.4) is 0 Å². The van der Waals surface area contributed by atoms with Gasteiger partial charge in [-0.25, -0.2) is 9.98 Å². The summed E-state index contributed by atoms with van der Waals surface area (Å²) in [5.74, 6) is 3.00. The number of rotatable bonds is 9. The fourth-order valence-corrected chi connectivity index (χ4v) is 3.54. The predicted molar refractivity (Wildman–Crippen MR) is 116 cm³/mol. The van der Waals surface area contributed by atoms with Crippen molar-refractivity contribution in [1.29, 1.82) is 0 Å². The van der Waals surface area contributed by atoms with Crippen LogP contribution < -0.4 is 10.6 Å². The van der Waals surface area contributed by atoms with Gasteiger partial charge in [0.1, 0.15) is 10.9 Å². The number of halogens is 1. The molecule has 2 aromatic rings. The zero-order chi connectivity index (χ0) is 17.2. The van der Waals surface area contributed by atoms with E-state index in [0.29, 0.717) is 12.5 Å². The molecule has 0 unspecified atom stereocenters. The van der Waals surface area contributed by atoms with E-state index in [4.69, 9.17) is 4.52 Å². The van der Waals surface area contributed by atoms with Gasteiger partial charge in [-0.2, -0.15) is 0 Å². The smallest absolute Gasteiger partial charge is 0.191 e. The third-order valence-electron chi connectivity index (χ3n) is 3.15. The van der Waals surface area contributed by atoms with E-state index in [1.807, 2.05) is 17.6 Å². The summed E-state index contributed by atoms with van der Waals surface area (Å²) in [6.07, 6.45) is 2.89. The van der Waals surface area contributed by atoms with Crippen LogP contribution in [0.2, 0.25) is 0 Å². The van der Waals surface area contributed by atoms with Crippen molar-refractivity contribution in [2.45, 2.75) is 44.0 Å². The van der Waals surface area contributed by atoms with E-state index in [0.717, 1.165) is 47.0 Å². The molecule has 2 aromatic heterocycles. The SMILES string of the molecule is CCNC(=NCc1cc(C(C)C)no1)NCCCSc1nccs1.I. The van der Waals surface area contributed by atoms with Gasteiger partial charge in [0.15, 0.2) is 11.7 Å². The Morgan fingerprint density at radius 3 is 2.88 bits per heavy atom. The predicted octanol–water partition coefficient (Wildman–Crippen LogP) is 4.11. The van der Waals surface area contributed by atoms with E-state index in [9.17, 15) is 0 Å². The van der Waals surface area contributed by atoms with Crippen LogP contribution in [0.15, 0.2) is 31.5 Å². The average Bonchev–Trinajstić information content (AvgIpc) is 3.23. The van der Waals surface area contributed by atoms with Crippen LogP contribution in [0.25, 0.3) is 0 Å². The highest BCUT2D eigenvalue weighted by Crippen LogP contribution is 2.20. The Kier molecular flexibility index (Phi) is 11.1. The number of hydrogen-bond donors (Lipinski definition) is 2. The Hall–Kier alpha value is -0.810. The lowest BCUT2D eigenvalue weighted by Gasteiger charge is -2.10. The zero-order valence-electron chi connectivity index (χ0n) is 14.8. The third kappa shape index (κ3) is 8.41. The maximum absolute atomic E-state index is 5.32. The van der Waals surface area contributed by atoms with Crippen LogP contribution in [0, 0.1) is 0 Å². The Morgan fingerprint density at radius 1 is 1.40 bits per heavy atom. The molecule has 0 spiro atoms. The Labute approximate surface area is 174 Å². The molecule has 0 aliphatic heterocycles. The first-order valence-corrected chi connectivity index (χ1v) is 10.1. The zero-order valence-corrected chi connectivity index (χ0v) is 18.8. The molecule has 140 valence electrons. The number of guanidine groups is 1. The molecule has 9 heteroatoms. The summed E-state index contributed by atoms with van der Waals surface area (Å²) in [5.41, 5.74) is 0.970. The molecule has 2 heterocycles. The lowest BCUT2D eigenvalue weighted by atomic mass is 10.1. The van der Waals surface area contributed by atoms with E-state index in [-0.39, 0.29) is 24.0 Å². The number of thiazole rings is 1. The molecule has 2 N–H and O–H groups in total. The van der Waals surface area contributed by atoms with Crippen LogP contribution in [-0.2, 0) is 6.54 Å². The van der Waals surface area contributed by atoms with Crippen LogP contribution in [-0.4, -0.2) is 34.9 Å². The average molecular weight is 495 g/mol. The number of nitrogens with one attached hydrogen (secondary N) is 2. The number of aliphatic imine (C=N–C) groups is 1. The fraction of sp³-hybridized carbons (Fsp3) is 0.562. The van der Waals surface area contributed by atoms with Crippen LogP contribution >= 0.6 is 47.1 Å². The summed E-state index contributed by atoms with van der Waals surface area (Å²) in [4.78, 5) is 8.81. The molecule has 0 radical (unpaired) electrons. The summed E-state index contributed by atoms with van der Waals surface area (Å²) in [5, 5.41) is 12.7. The largest absolute Gasteiger partial charge is 0.359 e. The molecule has 0 saturated heterocycles. The number of aromatic nitrogens is 2. The van der Waals surface area contributed by atoms with Crippen molar-refractivity contribution < 1.29 is 4.52 Å². The molecule has 0 atom stereocenters. The Morgan fingerprint density at radius 2 is 2.24 bits per heavy atom. The normalized spacial score (nSPS) is 11.4. The maximum atomic E-state index is 5.32. The molecule has 0 aromatic carbocycles. The van der Waals surface area contributed by atoms with Crippen LogP contribution in [0.4, 0.5) is 0 Å². The minimum Gasteiger partial charge on any atom is -0.359 e. The van der Waals surface area contributed by atoms with Crippen molar-refractivity contribution in [2.24, 2.45) is 4.99 Å². The molecule has 0 amide bonds. The standard InChI is InChI=1S/C16H25N5OS2.HI/c1-4-17-15(18-6-5-8-23-16-19-7-9-24-16)20-11-13-10-14(12(2)3)21-22-13;/h7,9-10,12H,4-6,8,11H2,1-3H3,(H2,17,18,20);1H. The second-order valence-electron chi connectivity index (χ2n) is 5.49.